The van der Waals surface area contributed by atoms with Gasteiger partial charge in [-0.1, -0.05) is 48.5 Å². The maximum atomic E-state index is 13.6. The molecule has 4 unspecified atom stereocenters. The largest absolute Gasteiger partial charge is 0.479 e. The van der Waals surface area contributed by atoms with Crippen molar-refractivity contribution in [2.24, 2.45) is 62.6 Å². The van der Waals surface area contributed by atoms with E-state index in [1.165, 1.54) is 19.3 Å². The van der Waals surface area contributed by atoms with Crippen LogP contribution in [0.2, 0.25) is 0 Å². The van der Waals surface area contributed by atoms with E-state index < -0.39 is 18.0 Å². The van der Waals surface area contributed by atoms with Crippen molar-refractivity contribution in [2.45, 2.75) is 119 Å². The Kier molecular flexibility index (Phi) is 6.46. The van der Waals surface area contributed by atoms with Crippen molar-refractivity contribution in [3.63, 3.8) is 0 Å². The predicted octanol–water partition coefficient (Wildman–Crippen LogP) is 6.71. The zero-order chi connectivity index (χ0) is 27.2. The fourth-order valence-electron chi connectivity index (χ4n) is 12.0. The Morgan fingerprint density at radius 3 is 2.19 bits per heavy atom. The third-order valence-corrected chi connectivity index (χ3v) is 14.1. The standard InChI is InChI=1S/C32H52O5/c1-19(2)20-10-15-32(27(36)37-18-25(34)35)17-16-30(6)21(26(20)32)8-9-23-29(5)13-12-24(33)28(3,4)22(29)11-14-31(23,30)7/h19-24,26,33H,8-18H2,1-7H3,(H,34,35)/t20?,21-,22+,23?,24+,26?,29+,30-,31-,32?/m1/s1. The Balaban J connectivity index is 1.52. The van der Waals surface area contributed by atoms with Crippen LogP contribution in [0.5, 0.6) is 0 Å². The van der Waals surface area contributed by atoms with E-state index >= 15 is 0 Å². The fraction of sp³-hybridized carbons (Fsp3) is 0.938. The molecule has 5 aliphatic rings. The lowest BCUT2D eigenvalue weighted by Gasteiger charge is -2.72. The van der Waals surface area contributed by atoms with Gasteiger partial charge in [0.1, 0.15) is 0 Å². The molecule has 5 nitrogen and oxygen atoms in total. The van der Waals surface area contributed by atoms with Crippen LogP contribution in [0.1, 0.15) is 113 Å². The SMILES string of the molecule is CC(C)C1CCC2(C(=O)OCC(=O)O)CC[C@]3(C)[C@H](CCC4[C@@]5(C)CC[C@H](O)C(C)(C)[C@@H]5CC[C@]43C)C12. The van der Waals surface area contributed by atoms with Crippen LogP contribution >= 0.6 is 0 Å². The molecule has 37 heavy (non-hydrogen) atoms. The second-order valence-corrected chi connectivity index (χ2v) is 15.6. The summed E-state index contributed by atoms with van der Waals surface area (Å²) in [5.41, 5.74) is 0.0428. The highest BCUT2D eigenvalue weighted by Gasteiger charge is 2.72. The van der Waals surface area contributed by atoms with Crippen LogP contribution in [0.3, 0.4) is 0 Å². The molecule has 5 heteroatoms. The highest BCUT2D eigenvalue weighted by molar-refractivity contribution is 5.81. The van der Waals surface area contributed by atoms with Gasteiger partial charge in [-0.25, -0.2) is 4.79 Å². The van der Waals surface area contributed by atoms with Crippen molar-refractivity contribution in [3.8, 4) is 0 Å². The quantitative estimate of drug-likeness (QED) is 0.406. The van der Waals surface area contributed by atoms with Crippen LogP contribution in [0.15, 0.2) is 0 Å². The Morgan fingerprint density at radius 2 is 1.54 bits per heavy atom. The number of hydrogen-bond acceptors (Lipinski definition) is 4. The molecule has 0 heterocycles. The van der Waals surface area contributed by atoms with Gasteiger partial charge in [0.25, 0.3) is 0 Å². The Hall–Kier alpha value is -1.10. The van der Waals surface area contributed by atoms with Crippen molar-refractivity contribution in [1.82, 2.24) is 0 Å². The van der Waals surface area contributed by atoms with E-state index in [1.807, 2.05) is 0 Å². The molecule has 5 aliphatic carbocycles. The van der Waals surface area contributed by atoms with E-state index in [4.69, 9.17) is 4.74 Å². The number of rotatable bonds is 4. The number of ether oxygens (including phenoxy) is 1. The second kappa shape index (κ2) is 8.70. The van der Waals surface area contributed by atoms with Crippen LogP contribution in [-0.4, -0.2) is 34.9 Å². The molecule has 0 aromatic rings. The minimum Gasteiger partial charge on any atom is -0.479 e. The summed E-state index contributed by atoms with van der Waals surface area (Å²) in [6.07, 6.45) is 10.3. The topological polar surface area (TPSA) is 83.8 Å². The van der Waals surface area contributed by atoms with Gasteiger partial charge in [-0.15, -0.1) is 0 Å². The summed E-state index contributed by atoms with van der Waals surface area (Å²) in [5.74, 6) is 1.61. The molecule has 5 fully saturated rings. The maximum Gasteiger partial charge on any atom is 0.341 e. The highest BCUT2D eigenvalue weighted by atomic mass is 16.6. The van der Waals surface area contributed by atoms with Crippen LogP contribution in [0, 0.1) is 62.6 Å². The predicted molar refractivity (Wildman–Crippen MR) is 144 cm³/mol. The van der Waals surface area contributed by atoms with Gasteiger partial charge >= 0.3 is 11.9 Å². The molecule has 0 radical (unpaired) electrons. The molecule has 0 saturated heterocycles. The summed E-state index contributed by atoms with van der Waals surface area (Å²) in [6, 6.07) is 0. The number of carboxylic acid groups (broad SMARTS) is 1. The first-order chi connectivity index (χ1) is 17.1. The van der Waals surface area contributed by atoms with Gasteiger partial charge in [-0.05, 0) is 121 Å². The second-order valence-electron chi connectivity index (χ2n) is 15.6. The highest BCUT2D eigenvalue weighted by Crippen LogP contribution is 2.77. The molecule has 5 rings (SSSR count). The Labute approximate surface area is 224 Å². The van der Waals surface area contributed by atoms with E-state index in [2.05, 4.69) is 48.5 Å². The zero-order valence-electron chi connectivity index (χ0n) is 24.4. The van der Waals surface area contributed by atoms with E-state index in [0.29, 0.717) is 29.6 Å². The average Bonchev–Trinajstić information content (AvgIpc) is 3.22. The summed E-state index contributed by atoms with van der Waals surface area (Å²) in [6.45, 7) is 16.4. The van der Waals surface area contributed by atoms with Crippen LogP contribution < -0.4 is 0 Å². The molecule has 0 aromatic heterocycles. The number of aliphatic carboxylic acids is 1. The van der Waals surface area contributed by atoms with Gasteiger partial charge in [0, 0.05) is 0 Å². The van der Waals surface area contributed by atoms with Crippen LogP contribution in [-0.2, 0) is 14.3 Å². The first-order valence-electron chi connectivity index (χ1n) is 15.2. The van der Waals surface area contributed by atoms with E-state index in [0.717, 1.165) is 44.9 Å². The molecule has 2 N–H and O–H groups in total. The van der Waals surface area contributed by atoms with Gasteiger partial charge in [0.05, 0.1) is 11.5 Å². The molecular formula is C32H52O5. The van der Waals surface area contributed by atoms with Crippen molar-refractivity contribution in [2.75, 3.05) is 6.61 Å². The first-order valence-corrected chi connectivity index (χ1v) is 15.2. The van der Waals surface area contributed by atoms with Gasteiger partial charge in [0.2, 0.25) is 0 Å². The number of carboxylic acids is 1. The molecule has 0 bridgehead atoms. The lowest BCUT2D eigenvalue weighted by Crippen LogP contribution is -2.67. The number of carbonyl (C=O) groups excluding carboxylic acids is 1. The fourth-order valence-corrected chi connectivity index (χ4v) is 12.0. The summed E-state index contributed by atoms with van der Waals surface area (Å²) >= 11 is 0. The lowest BCUT2D eigenvalue weighted by atomic mass is 9.32. The lowest BCUT2D eigenvalue weighted by molar-refractivity contribution is -0.250. The normalized spacial score (nSPS) is 50.4. The number of aliphatic hydroxyl groups excluding tert-OH is 1. The third-order valence-electron chi connectivity index (χ3n) is 14.1. The van der Waals surface area contributed by atoms with Gasteiger partial charge < -0.3 is 14.9 Å². The number of hydrogen-bond donors (Lipinski definition) is 2. The summed E-state index contributed by atoms with van der Waals surface area (Å²) in [7, 11) is 0. The van der Waals surface area contributed by atoms with Crippen molar-refractivity contribution >= 4 is 11.9 Å². The van der Waals surface area contributed by atoms with Crippen molar-refractivity contribution in [3.05, 3.63) is 0 Å². The summed E-state index contributed by atoms with van der Waals surface area (Å²) in [4.78, 5) is 24.9. The number of fused-ring (bicyclic) bond motifs is 7. The molecule has 10 atom stereocenters. The van der Waals surface area contributed by atoms with Gasteiger partial charge in [-0.3, -0.25) is 4.79 Å². The van der Waals surface area contributed by atoms with Crippen molar-refractivity contribution < 1.29 is 24.5 Å². The van der Waals surface area contributed by atoms with E-state index in [9.17, 15) is 19.8 Å². The molecule has 0 aromatic carbocycles. The number of esters is 1. The van der Waals surface area contributed by atoms with E-state index in [1.54, 1.807) is 0 Å². The van der Waals surface area contributed by atoms with Gasteiger partial charge in [0.15, 0.2) is 6.61 Å². The monoisotopic (exact) mass is 516 g/mol. The molecule has 0 spiro atoms. The molecule has 0 amide bonds. The van der Waals surface area contributed by atoms with E-state index in [-0.39, 0.29) is 39.7 Å². The maximum absolute atomic E-state index is 13.6. The molecule has 210 valence electrons. The van der Waals surface area contributed by atoms with Crippen LogP contribution in [0.4, 0.5) is 0 Å². The van der Waals surface area contributed by atoms with Crippen LogP contribution in [0.25, 0.3) is 0 Å². The molecule has 5 saturated carbocycles. The Bertz CT molecular complexity index is 941. The molecular weight excluding hydrogens is 464 g/mol. The minimum absolute atomic E-state index is 0.0457. The molecule has 0 aliphatic heterocycles. The minimum atomic E-state index is -1.07. The average molecular weight is 517 g/mol. The number of carbonyl (C=O) groups is 2. The van der Waals surface area contributed by atoms with Gasteiger partial charge in [-0.2, -0.15) is 0 Å². The van der Waals surface area contributed by atoms with Crippen molar-refractivity contribution in [1.29, 1.82) is 0 Å². The number of aliphatic hydroxyl groups is 1. The summed E-state index contributed by atoms with van der Waals surface area (Å²) < 4.78 is 5.48. The third kappa shape index (κ3) is 3.57. The summed E-state index contributed by atoms with van der Waals surface area (Å²) in [5, 5.41) is 20.2. The smallest absolute Gasteiger partial charge is 0.341 e. The zero-order valence-corrected chi connectivity index (χ0v) is 24.4. The first kappa shape index (κ1) is 27.5. The Morgan fingerprint density at radius 1 is 0.838 bits per heavy atom.